The van der Waals surface area contributed by atoms with Gasteiger partial charge in [-0.2, -0.15) is 0 Å². The van der Waals surface area contributed by atoms with Gasteiger partial charge < -0.3 is 48.5 Å². The molecule has 2 aromatic rings. The smallest absolute Gasteiger partial charge is 0.332 e. The molecule has 0 spiro atoms. The fourth-order valence-electron chi connectivity index (χ4n) is 5.48. The number of hydrogen-bond donors (Lipinski definition) is 3. The largest absolute Gasteiger partial charge is 0.462 e. The van der Waals surface area contributed by atoms with Crippen LogP contribution in [0.1, 0.15) is 61.8 Å². The van der Waals surface area contributed by atoms with E-state index in [4.69, 9.17) is 33.2 Å². The third-order valence-electron chi connectivity index (χ3n) is 8.28. The van der Waals surface area contributed by atoms with Crippen LogP contribution in [0.2, 0.25) is 0 Å². The zero-order valence-electron chi connectivity index (χ0n) is 25.4. The molecule has 44 heavy (non-hydrogen) atoms. The average molecular weight is 617 g/mol. The molecule has 0 radical (unpaired) electrons. The maximum atomic E-state index is 12.4. The van der Waals surface area contributed by atoms with Crippen molar-refractivity contribution in [1.29, 1.82) is 0 Å². The summed E-state index contributed by atoms with van der Waals surface area (Å²) in [6.07, 6.45) is -2.03. The number of hydrogen-bond acceptors (Lipinski definition) is 11. The second-order valence-corrected chi connectivity index (χ2v) is 11.8. The summed E-state index contributed by atoms with van der Waals surface area (Å²) in [6, 6.07) is 14.0. The van der Waals surface area contributed by atoms with E-state index in [2.05, 4.69) is 31.2 Å². The Kier molecular flexibility index (Phi) is 11.3. The minimum atomic E-state index is -1.63. The first-order valence-electron chi connectivity index (χ1n) is 15.4. The number of carbonyl (C=O) groups is 1. The van der Waals surface area contributed by atoms with E-state index in [9.17, 15) is 20.1 Å². The lowest BCUT2D eigenvalue weighted by atomic mass is 9.89. The lowest BCUT2D eigenvalue weighted by Gasteiger charge is -2.46. The Hall–Kier alpha value is -2.61. The number of aliphatic hydroxyl groups is 3. The normalized spacial score (nSPS) is 30.4. The zero-order chi connectivity index (χ0) is 31.1. The average Bonchev–Trinajstić information content (AvgIpc) is 3.76. The molecule has 242 valence electrons. The Morgan fingerprint density at radius 2 is 1.57 bits per heavy atom. The zero-order valence-corrected chi connectivity index (χ0v) is 25.4. The molecule has 3 aliphatic heterocycles. The maximum absolute atomic E-state index is 12.4. The van der Waals surface area contributed by atoms with Gasteiger partial charge in [0.05, 0.1) is 6.61 Å². The highest BCUT2D eigenvalue weighted by Gasteiger charge is 2.53. The van der Waals surface area contributed by atoms with E-state index < -0.39 is 49.1 Å². The number of ether oxygens (including phenoxy) is 7. The molecule has 3 heterocycles. The molecule has 2 unspecified atom stereocenters. The van der Waals surface area contributed by atoms with Crippen LogP contribution in [0.3, 0.4) is 0 Å². The number of aliphatic hydroxyl groups excluding tert-OH is 3. The Balaban J connectivity index is 1.30. The van der Waals surface area contributed by atoms with Gasteiger partial charge in [0, 0.05) is 32.5 Å². The van der Waals surface area contributed by atoms with Crippen molar-refractivity contribution in [2.24, 2.45) is 0 Å². The van der Waals surface area contributed by atoms with Gasteiger partial charge in [0.15, 0.2) is 12.6 Å². The predicted molar refractivity (Wildman–Crippen MR) is 157 cm³/mol. The Morgan fingerprint density at radius 1 is 0.909 bits per heavy atom. The summed E-state index contributed by atoms with van der Waals surface area (Å²) in [5, 5.41) is 32.5. The molecule has 11 nitrogen and oxygen atoms in total. The highest BCUT2D eigenvalue weighted by molar-refractivity contribution is 5.70. The van der Waals surface area contributed by atoms with E-state index in [1.807, 2.05) is 18.2 Å². The fraction of sp³-hybridized carbons (Fsp3) is 0.606. The molecule has 2 aromatic carbocycles. The summed E-state index contributed by atoms with van der Waals surface area (Å²) in [5.74, 6) is -0.249. The second kappa shape index (κ2) is 15.1. The SMILES string of the molecule is CCc1ccc(Cc2ccc(COC3CCCO3)cc2O[C@H]2O[C@](C)(COC(=O)COC3CCCO3)[C@@H](O)[C@H](O)[C@H]2O)cc1. The third-order valence-corrected chi connectivity index (χ3v) is 8.28. The first-order chi connectivity index (χ1) is 21.2. The van der Waals surface area contributed by atoms with Crippen molar-refractivity contribution >= 4 is 5.97 Å². The molecule has 3 fully saturated rings. The summed E-state index contributed by atoms with van der Waals surface area (Å²) in [7, 11) is 0. The summed E-state index contributed by atoms with van der Waals surface area (Å²) < 4.78 is 39.9. The predicted octanol–water partition coefficient (Wildman–Crippen LogP) is 2.77. The maximum Gasteiger partial charge on any atom is 0.332 e. The molecule has 0 bridgehead atoms. The second-order valence-electron chi connectivity index (χ2n) is 11.8. The lowest BCUT2D eigenvalue weighted by Crippen LogP contribution is -2.66. The highest BCUT2D eigenvalue weighted by Crippen LogP contribution is 2.34. The van der Waals surface area contributed by atoms with Crippen LogP contribution in [0.25, 0.3) is 0 Å². The van der Waals surface area contributed by atoms with E-state index >= 15 is 0 Å². The van der Waals surface area contributed by atoms with E-state index in [1.165, 1.54) is 12.5 Å². The lowest BCUT2D eigenvalue weighted by molar-refractivity contribution is -0.314. The Morgan fingerprint density at radius 3 is 2.23 bits per heavy atom. The minimum absolute atomic E-state index is 0.254. The van der Waals surface area contributed by atoms with Gasteiger partial charge in [-0.25, -0.2) is 4.79 Å². The summed E-state index contributed by atoms with van der Waals surface area (Å²) in [6.45, 7) is 4.41. The summed E-state index contributed by atoms with van der Waals surface area (Å²) in [4.78, 5) is 12.4. The van der Waals surface area contributed by atoms with Gasteiger partial charge in [-0.3, -0.25) is 0 Å². The number of aryl methyl sites for hydroxylation is 1. The van der Waals surface area contributed by atoms with Crippen LogP contribution in [0, 0.1) is 0 Å². The van der Waals surface area contributed by atoms with Crippen molar-refractivity contribution in [3.63, 3.8) is 0 Å². The van der Waals surface area contributed by atoms with Gasteiger partial charge in [0.2, 0.25) is 6.29 Å². The minimum Gasteiger partial charge on any atom is -0.462 e. The molecule has 0 aliphatic carbocycles. The monoisotopic (exact) mass is 616 g/mol. The van der Waals surface area contributed by atoms with Gasteiger partial charge in [0.25, 0.3) is 0 Å². The van der Waals surface area contributed by atoms with Crippen molar-refractivity contribution in [3.8, 4) is 5.75 Å². The van der Waals surface area contributed by atoms with Crippen LogP contribution in [-0.4, -0.2) is 90.5 Å². The first kappa shape index (κ1) is 32.8. The van der Waals surface area contributed by atoms with E-state index in [-0.39, 0.29) is 12.9 Å². The van der Waals surface area contributed by atoms with Crippen LogP contribution in [0.4, 0.5) is 0 Å². The van der Waals surface area contributed by atoms with Gasteiger partial charge in [-0.05, 0) is 54.5 Å². The Bertz CT molecular complexity index is 1210. The van der Waals surface area contributed by atoms with Gasteiger partial charge in [-0.1, -0.05) is 43.3 Å². The number of rotatable bonds is 13. The van der Waals surface area contributed by atoms with Crippen LogP contribution in [-0.2, 0) is 52.7 Å². The number of carbonyl (C=O) groups excluding carboxylic acids is 1. The van der Waals surface area contributed by atoms with Crippen LogP contribution in [0.15, 0.2) is 42.5 Å². The van der Waals surface area contributed by atoms with Crippen molar-refractivity contribution in [2.75, 3.05) is 26.4 Å². The van der Waals surface area contributed by atoms with Crippen LogP contribution >= 0.6 is 0 Å². The fourth-order valence-corrected chi connectivity index (χ4v) is 5.48. The van der Waals surface area contributed by atoms with Crippen LogP contribution in [0.5, 0.6) is 5.75 Å². The van der Waals surface area contributed by atoms with Crippen molar-refractivity contribution in [1.82, 2.24) is 0 Å². The standard InChI is InChI=1S/C33H44O11/c1-3-21-8-10-22(11-9-21)16-24-13-12-23(18-40-27-6-4-14-38-27)17-25(24)43-32-30(36)29(35)31(37)33(2,44-32)20-42-26(34)19-41-28-7-5-15-39-28/h8-13,17,27-32,35-37H,3-7,14-16,18-20H2,1-2H3/t27?,28?,29-,30-,31+,32+,33-/m1/s1. The summed E-state index contributed by atoms with van der Waals surface area (Å²) >= 11 is 0. The topological polar surface area (TPSA) is 142 Å². The third kappa shape index (κ3) is 8.35. The molecule has 3 saturated heterocycles. The van der Waals surface area contributed by atoms with Crippen molar-refractivity contribution < 1.29 is 53.3 Å². The molecule has 0 saturated carbocycles. The van der Waals surface area contributed by atoms with Crippen molar-refractivity contribution in [3.05, 3.63) is 64.7 Å². The molecule has 7 atom stereocenters. The van der Waals surface area contributed by atoms with E-state index in [0.29, 0.717) is 38.4 Å². The molecular formula is C33H44O11. The molecule has 0 amide bonds. The quantitative estimate of drug-likeness (QED) is 0.286. The molecule has 3 N–H and O–H groups in total. The van der Waals surface area contributed by atoms with Gasteiger partial charge >= 0.3 is 5.97 Å². The molecule has 5 rings (SSSR count). The van der Waals surface area contributed by atoms with E-state index in [0.717, 1.165) is 42.4 Å². The molecule has 11 heteroatoms. The molecular weight excluding hydrogens is 572 g/mol. The highest BCUT2D eigenvalue weighted by atomic mass is 16.7. The number of esters is 1. The van der Waals surface area contributed by atoms with Crippen molar-refractivity contribution in [2.45, 2.75) is 102 Å². The molecule has 3 aliphatic rings. The summed E-state index contributed by atoms with van der Waals surface area (Å²) in [5.41, 5.74) is 2.37. The van der Waals surface area contributed by atoms with Gasteiger partial charge in [0.1, 0.15) is 42.9 Å². The van der Waals surface area contributed by atoms with Gasteiger partial charge in [-0.15, -0.1) is 0 Å². The van der Waals surface area contributed by atoms with Crippen LogP contribution < -0.4 is 4.74 Å². The van der Waals surface area contributed by atoms with E-state index in [1.54, 1.807) is 0 Å². The first-order valence-corrected chi connectivity index (χ1v) is 15.4. The molecule has 0 aromatic heterocycles. The Labute approximate surface area is 257 Å². The number of benzene rings is 2.